The number of nitrogens with one attached hydrogen (secondary N) is 1. The van der Waals surface area contributed by atoms with E-state index in [9.17, 15) is 17.8 Å². The lowest BCUT2D eigenvalue weighted by Crippen LogP contribution is -2.51. The summed E-state index contributed by atoms with van der Waals surface area (Å²) in [5, 5.41) is 2.31. The maximum Gasteiger partial charge on any atom is 0.288 e. The number of carbonyl (C=O) groups is 1. The molecule has 5 nitrogen and oxygen atoms in total. The van der Waals surface area contributed by atoms with Gasteiger partial charge in [0.1, 0.15) is 0 Å². The summed E-state index contributed by atoms with van der Waals surface area (Å²) in [6.45, 7) is 6.78. The van der Waals surface area contributed by atoms with Crippen molar-refractivity contribution in [2.24, 2.45) is 0 Å². The van der Waals surface area contributed by atoms with Crippen LogP contribution in [0.1, 0.15) is 71.6 Å². The summed E-state index contributed by atoms with van der Waals surface area (Å²) in [6.07, 6.45) is 9.83. The minimum Gasteiger partial charge on any atom is -0.332 e. The van der Waals surface area contributed by atoms with Gasteiger partial charge in [0.15, 0.2) is 4.87 Å². The molecular weight excluding hydrogens is 290 g/mol. The summed E-state index contributed by atoms with van der Waals surface area (Å²) < 4.78 is 32.2. The van der Waals surface area contributed by atoms with E-state index in [2.05, 4.69) is 18.8 Å². The summed E-state index contributed by atoms with van der Waals surface area (Å²) in [7, 11) is -4.35. The summed E-state index contributed by atoms with van der Waals surface area (Å²) >= 11 is 0. The van der Waals surface area contributed by atoms with E-state index in [-0.39, 0.29) is 6.42 Å². The molecule has 0 spiro atoms. The van der Waals surface area contributed by atoms with Crippen molar-refractivity contribution in [3.8, 4) is 0 Å². The van der Waals surface area contributed by atoms with Gasteiger partial charge in [-0.2, -0.15) is 8.42 Å². The summed E-state index contributed by atoms with van der Waals surface area (Å²) in [6, 6.07) is 0. The Hall–Kier alpha value is -0.880. The lowest BCUT2D eigenvalue weighted by Gasteiger charge is -2.27. The third-order valence-corrected chi connectivity index (χ3v) is 5.09. The van der Waals surface area contributed by atoms with Crippen molar-refractivity contribution in [3.63, 3.8) is 0 Å². The van der Waals surface area contributed by atoms with Gasteiger partial charge in [0.25, 0.3) is 10.1 Å². The molecule has 21 heavy (non-hydrogen) atoms. The highest BCUT2D eigenvalue weighted by Crippen LogP contribution is 2.21. The van der Waals surface area contributed by atoms with Gasteiger partial charge in [-0.1, -0.05) is 58.4 Å². The van der Waals surface area contributed by atoms with Crippen molar-refractivity contribution in [2.75, 3.05) is 0 Å². The molecule has 0 aliphatic carbocycles. The van der Waals surface area contributed by atoms with Gasteiger partial charge in [0.05, 0.1) is 0 Å². The van der Waals surface area contributed by atoms with Crippen LogP contribution in [0.2, 0.25) is 0 Å². The van der Waals surface area contributed by atoms with Crippen LogP contribution in [-0.4, -0.2) is 23.7 Å². The molecule has 0 radical (unpaired) electrons. The van der Waals surface area contributed by atoms with Gasteiger partial charge in [-0.25, -0.2) is 0 Å². The molecule has 1 unspecified atom stereocenters. The van der Waals surface area contributed by atoms with Crippen molar-refractivity contribution >= 4 is 16.0 Å². The van der Waals surface area contributed by atoms with E-state index in [1.807, 2.05) is 0 Å². The molecule has 0 bridgehead atoms. The van der Waals surface area contributed by atoms with Crippen molar-refractivity contribution in [1.29, 1.82) is 0 Å². The van der Waals surface area contributed by atoms with Crippen molar-refractivity contribution in [3.05, 3.63) is 12.7 Å². The highest BCUT2D eigenvalue weighted by molar-refractivity contribution is 7.87. The topological polar surface area (TPSA) is 83.5 Å². The Morgan fingerprint density at radius 2 is 1.62 bits per heavy atom. The average molecular weight is 319 g/mol. The Kier molecular flexibility index (Phi) is 9.53. The average Bonchev–Trinajstić information content (AvgIpc) is 2.40. The van der Waals surface area contributed by atoms with Crippen LogP contribution < -0.4 is 5.32 Å². The van der Waals surface area contributed by atoms with Crippen LogP contribution in [0.5, 0.6) is 0 Å². The Balaban J connectivity index is 4.15. The normalized spacial score (nSPS) is 14.4. The van der Waals surface area contributed by atoms with Gasteiger partial charge < -0.3 is 5.32 Å². The standard InChI is InChI=1S/C15H29NO4S/c1-4-6-7-8-9-10-11-12-13-15(3,21(18,19)20)16-14(17)5-2/h5H,2,4,6-13H2,1,3H3,(H,16,17)(H,18,19,20). The van der Waals surface area contributed by atoms with Gasteiger partial charge in [-0.05, 0) is 25.8 Å². The molecule has 0 aromatic heterocycles. The SMILES string of the molecule is C=CC(=O)NC(C)(CCCCCCCCCC)S(=O)(=O)O. The second-order valence-corrected chi connectivity index (χ2v) is 7.48. The third kappa shape index (κ3) is 8.21. The van der Waals surface area contributed by atoms with E-state index in [1.54, 1.807) is 0 Å². The highest BCUT2D eigenvalue weighted by atomic mass is 32.2. The number of hydrogen-bond donors (Lipinski definition) is 2. The quantitative estimate of drug-likeness (QED) is 0.328. The maximum absolute atomic E-state index is 11.4. The fraction of sp³-hybridized carbons (Fsp3) is 0.800. The van der Waals surface area contributed by atoms with Crippen molar-refractivity contribution in [1.82, 2.24) is 5.32 Å². The molecule has 1 amide bonds. The van der Waals surface area contributed by atoms with Gasteiger partial charge in [0, 0.05) is 0 Å². The van der Waals surface area contributed by atoms with Gasteiger partial charge in [-0.15, -0.1) is 0 Å². The molecule has 0 saturated heterocycles. The molecule has 0 saturated carbocycles. The molecule has 0 heterocycles. The molecule has 2 N–H and O–H groups in total. The van der Waals surface area contributed by atoms with Crippen LogP contribution >= 0.6 is 0 Å². The first kappa shape index (κ1) is 20.1. The smallest absolute Gasteiger partial charge is 0.288 e. The van der Waals surface area contributed by atoms with E-state index in [4.69, 9.17) is 0 Å². The van der Waals surface area contributed by atoms with Gasteiger partial charge in [0.2, 0.25) is 5.91 Å². The fourth-order valence-electron chi connectivity index (χ4n) is 2.16. The molecule has 0 aliphatic heterocycles. The third-order valence-electron chi connectivity index (χ3n) is 3.65. The zero-order chi connectivity index (χ0) is 16.4. The zero-order valence-electron chi connectivity index (χ0n) is 13.2. The molecule has 6 heteroatoms. The molecule has 0 rings (SSSR count). The van der Waals surface area contributed by atoms with Crippen LogP contribution in [-0.2, 0) is 14.9 Å². The van der Waals surface area contributed by atoms with Crippen LogP contribution in [0.4, 0.5) is 0 Å². The van der Waals surface area contributed by atoms with Gasteiger partial charge >= 0.3 is 0 Å². The fourth-order valence-corrected chi connectivity index (χ4v) is 2.80. The van der Waals surface area contributed by atoms with Crippen LogP contribution in [0, 0.1) is 0 Å². The monoisotopic (exact) mass is 319 g/mol. The van der Waals surface area contributed by atoms with E-state index in [1.165, 1.54) is 32.6 Å². The summed E-state index contributed by atoms with van der Waals surface area (Å²) in [4.78, 5) is 9.67. The van der Waals surface area contributed by atoms with Crippen LogP contribution in [0.15, 0.2) is 12.7 Å². The molecule has 124 valence electrons. The predicted octanol–water partition coefficient (Wildman–Crippen LogP) is 3.42. The molecule has 1 atom stereocenters. The Morgan fingerprint density at radius 1 is 1.14 bits per heavy atom. The van der Waals surface area contributed by atoms with E-state index < -0.39 is 20.9 Å². The molecule has 0 aromatic carbocycles. The van der Waals surface area contributed by atoms with Crippen molar-refractivity contribution in [2.45, 2.75) is 76.5 Å². The Morgan fingerprint density at radius 3 is 2.05 bits per heavy atom. The van der Waals surface area contributed by atoms with Crippen LogP contribution in [0.25, 0.3) is 0 Å². The van der Waals surface area contributed by atoms with Crippen molar-refractivity contribution < 1.29 is 17.8 Å². The lowest BCUT2D eigenvalue weighted by molar-refractivity contribution is -0.117. The lowest BCUT2D eigenvalue weighted by atomic mass is 10.0. The number of unbranched alkanes of at least 4 members (excludes halogenated alkanes) is 7. The molecule has 0 aromatic rings. The summed E-state index contributed by atoms with van der Waals surface area (Å²) in [5.41, 5.74) is 0. The summed E-state index contributed by atoms with van der Waals surface area (Å²) in [5.74, 6) is -0.602. The second kappa shape index (κ2) is 9.95. The zero-order valence-corrected chi connectivity index (χ0v) is 14.0. The van der Waals surface area contributed by atoms with E-state index in [0.29, 0.717) is 6.42 Å². The number of carbonyl (C=O) groups excluding carboxylic acids is 1. The Bertz CT molecular complexity index is 419. The first-order valence-corrected chi connectivity index (χ1v) is 9.12. The minimum absolute atomic E-state index is 0.195. The molecule has 0 fully saturated rings. The maximum atomic E-state index is 11.4. The first-order chi connectivity index (χ1) is 9.77. The number of amides is 1. The molecule has 0 aliphatic rings. The van der Waals surface area contributed by atoms with E-state index >= 15 is 0 Å². The minimum atomic E-state index is -4.35. The number of rotatable bonds is 12. The van der Waals surface area contributed by atoms with Crippen LogP contribution in [0.3, 0.4) is 0 Å². The largest absolute Gasteiger partial charge is 0.332 e. The Labute approximate surface area is 128 Å². The predicted molar refractivity (Wildman–Crippen MR) is 85.5 cm³/mol. The first-order valence-electron chi connectivity index (χ1n) is 7.68. The number of hydrogen-bond acceptors (Lipinski definition) is 3. The van der Waals surface area contributed by atoms with Gasteiger partial charge in [-0.3, -0.25) is 9.35 Å². The molecular formula is C15H29NO4S. The second-order valence-electron chi connectivity index (χ2n) is 5.62. The van der Waals surface area contributed by atoms with E-state index in [0.717, 1.165) is 25.3 Å². The highest BCUT2D eigenvalue weighted by Gasteiger charge is 2.38.